The van der Waals surface area contributed by atoms with Crippen molar-refractivity contribution in [3.63, 3.8) is 0 Å². The predicted molar refractivity (Wildman–Crippen MR) is 108 cm³/mol. The third-order valence-electron chi connectivity index (χ3n) is 6.90. The fourth-order valence-corrected chi connectivity index (χ4v) is 5.21. The zero-order valence-corrected chi connectivity index (χ0v) is 16.3. The first-order valence-electron chi connectivity index (χ1n) is 10.6. The molecule has 3 aliphatic rings. The fourth-order valence-electron chi connectivity index (χ4n) is 5.21. The summed E-state index contributed by atoms with van der Waals surface area (Å²) < 4.78 is 0. The normalized spacial score (nSPS) is 25.0. The molecule has 1 spiro atoms. The van der Waals surface area contributed by atoms with Crippen molar-refractivity contribution in [3.8, 4) is 0 Å². The fraction of sp³-hybridized carbons (Fsp3) is 0.522. The molecule has 2 aromatic rings. The molecule has 5 rings (SSSR count). The van der Waals surface area contributed by atoms with E-state index in [1.807, 2.05) is 4.90 Å². The lowest BCUT2D eigenvalue weighted by Crippen LogP contribution is -2.53. The summed E-state index contributed by atoms with van der Waals surface area (Å²) in [7, 11) is 0. The quantitative estimate of drug-likeness (QED) is 0.824. The van der Waals surface area contributed by atoms with Crippen molar-refractivity contribution in [1.29, 1.82) is 0 Å². The summed E-state index contributed by atoms with van der Waals surface area (Å²) in [5.74, 6) is 0.634. The van der Waals surface area contributed by atoms with Crippen LogP contribution in [0, 0.1) is 5.41 Å². The average molecular weight is 377 g/mol. The van der Waals surface area contributed by atoms with Gasteiger partial charge in [-0.3, -0.25) is 14.7 Å². The van der Waals surface area contributed by atoms with E-state index < -0.39 is 0 Å². The number of hydrogen-bond donors (Lipinski definition) is 0. The molecule has 0 radical (unpaired) electrons. The van der Waals surface area contributed by atoms with Crippen LogP contribution < -0.4 is 0 Å². The van der Waals surface area contributed by atoms with Crippen LogP contribution in [0.15, 0.2) is 48.9 Å². The van der Waals surface area contributed by atoms with E-state index in [0.29, 0.717) is 17.0 Å². The van der Waals surface area contributed by atoms with Crippen LogP contribution in [-0.4, -0.2) is 57.9 Å². The molecule has 1 unspecified atom stereocenters. The zero-order valence-electron chi connectivity index (χ0n) is 16.3. The van der Waals surface area contributed by atoms with Crippen LogP contribution in [0.3, 0.4) is 0 Å². The van der Waals surface area contributed by atoms with Gasteiger partial charge in [-0.25, -0.2) is 4.98 Å². The number of nitrogens with zero attached hydrogens (tertiary/aromatic N) is 4. The van der Waals surface area contributed by atoms with Crippen LogP contribution in [0.4, 0.5) is 0 Å². The van der Waals surface area contributed by atoms with Crippen molar-refractivity contribution in [2.45, 2.75) is 44.1 Å². The zero-order chi connectivity index (χ0) is 19.0. The van der Waals surface area contributed by atoms with Gasteiger partial charge in [-0.1, -0.05) is 30.3 Å². The second-order valence-electron chi connectivity index (χ2n) is 8.86. The van der Waals surface area contributed by atoms with Crippen LogP contribution in [0.25, 0.3) is 0 Å². The Hall–Kier alpha value is -2.27. The molecule has 5 nitrogen and oxygen atoms in total. The van der Waals surface area contributed by atoms with Gasteiger partial charge in [0, 0.05) is 44.6 Å². The molecule has 3 fully saturated rings. The first-order valence-corrected chi connectivity index (χ1v) is 10.6. The van der Waals surface area contributed by atoms with Gasteiger partial charge in [0.1, 0.15) is 5.69 Å². The highest BCUT2D eigenvalue weighted by molar-refractivity contribution is 5.92. The van der Waals surface area contributed by atoms with Crippen LogP contribution >= 0.6 is 0 Å². The summed E-state index contributed by atoms with van der Waals surface area (Å²) in [4.78, 5) is 25.7. The number of rotatable bonds is 3. The maximum Gasteiger partial charge on any atom is 0.274 e. The lowest BCUT2D eigenvalue weighted by Gasteiger charge is -2.50. The van der Waals surface area contributed by atoms with Gasteiger partial charge < -0.3 is 4.90 Å². The maximum absolute atomic E-state index is 12.8. The lowest BCUT2D eigenvalue weighted by atomic mass is 9.68. The summed E-state index contributed by atoms with van der Waals surface area (Å²) in [6, 6.07) is 11.8. The van der Waals surface area contributed by atoms with Crippen LogP contribution in [0.1, 0.15) is 54.1 Å². The Bertz CT molecular complexity index is 813. The van der Waals surface area contributed by atoms with E-state index >= 15 is 0 Å². The Morgan fingerprint density at radius 3 is 2.54 bits per heavy atom. The van der Waals surface area contributed by atoms with Crippen LogP contribution in [0.2, 0.25) is 0 Å². The molecule has 5 heteroatoms. The van der Waals surface area contributed by atoms with Crippen molar-refractivity contribution in [2.24, 2.45) is 5.41 Å². The third-order valence-corrected chi connectivity index (χ3v) is 6.90. The standard InChI is InChI=1S/C23H28N4O/c28-22(21-15-24-10-11-25-21)26-12-8-23(9-13-26)14-19(18-4-2-1-3-5-18)16-27(17-23)20-6-7-20/h1-5,10-11,15,19-20H,6-9,12-14,16-17H2. The number of likely N-dealkylation sites (tertiary alicyclic amines) is 2. The van der Waals surface area contributed by atoms with Gasteiger partial charge in [0.05, 0.1) is 6.20 Å². The maximum atomic E-state index is 12.8. The van der Waals surface area contributed by atoms with Gasteiger partial charge in [0.2, 0.25) is 0 Å². The molecular weight excluding hydrogens is 348 g/mol. The van der Waals surface area contributed by atoms with Gasteiger partial charge in [0.25, 0.3) is 5.91 Å². The highest BCUT2D eigenvalue weighted by atomic mass is 16.2. The van der Waals surface area contributed by atoms with E-state index in [2.05, 4.69) is 45.2 Å². The Kier molecular flexibility index (Phi) is 4.63. The van der Waals surface area contributed by atoms with E-state index in [4.69, 9.17) is 0 Å². The van der Waals surface area contributed by atoms with Gasteiger partial charge >= 0.3 is 0 Å². The van der Waals surface area contributed by atoms with Crippen molar-refractivity contribution in [1.82, 2.24) is 19.8 Å². The monoisotopic (exact) mass is 376 g/mol. The van der Waals surface area contributed by atoms with E-state index in [-0.39, 0.29) is 5.91 Å². The molecule has 2 aliphatic heterocycles. The molecule has 1 amide bonds. The summed E-state index contributed by atoms with van der Waals surface area (Å²) >= 11 is 0. The molecule has 1 atom stereocenters. The van der Waals surface area contributed by atoms with E-state index in [0.717, 1.165) is 32.0 Å². The molecule has 0 bridgehead atoms. The van der Waals surface area contributed by atoms with E-state index in [1.54, 1.807) is 18.6 Å². The van der Waals surface area contributed by atoms with Crippen molar-refractivity contribution < 1.29 is 4.79 Å². The Labute approximate surface area is 166 Å². The Morgan fingerprint density at radius 2 is 1.86 bits per heavy atom. The highest BCUT2D eigenvalue weighted by Gasteiger charge is 2.46. The first-order chi connectivity index (χ1) is 13.7. The smallest absolute Gasteiger partial charge is 0.274 e. The number of piperidine rings is 2. The summed E-state index contributed by atoms with van der Waals surface area (Å²) in [6.07, 6.45) is 10.9. The van der Waals surface area contributed by atoms with E-state index in [9.17, 15) is 4.79 Å². The topological polar surface area (TPSA) is 49.3 Å². The van der Waals surface area contributed by atoms with Crippen molar-refractivity contribution in [3.05, 3.63) is 60.2 Å². The Morgan fingerprint density at radius 1 is 1.07 bits per heavy atom. The predicted octanol–water partition coefficient (Wildman–Crippen LogP) is 3.35. The third kappa shape index (κ3) is 3.55. The summed E-state index contributed by atoms with van der Waals surface area (Å²) in [5.41, 5.74) is 2.27. The molecule has 3 heterocycles. The number of amides is 1. The molecule has 1 aliphatic carbocycles. The molecule has 1 saturated carbocycles. The van der Waals surface area contributed by atoms with Gasteiger partial charge in [-0.15, -0.1) is 0 Å². The highest BCUT2D eigenvalue weighted by Crippen LogP contribution is 2.47. The van der Waals surface area contributed by atoms with Crippen LogP contribution in [0.5, 0.6) is 0 Å². The minimum atomic E-state index is 0.0254. The minimum absolute atomic E-state index is 0.0254. The number of carbonyl (C=O) groups excluding carboxylic acids is 1. The van der Waals surface area contributed by atoms with Gasteiger partial charge in [-0.05, 0) is 49.0 Å². The summed E-state index contributed by atoms with van der Waals surface area (Å²) in [5, 5.41) is 0. The SMILES string of the molecule is O=C(c1cnccn1)N1CCC2(CC1)CC(c1ccccc1)CN(C1CC1)C2. The van der Waals surface area contributed by atoms with Crippen LogP contribution in [-0.2, 0) is 0 Å². The molecule has 146 valence electrons. The molecule has 1 aromatic heterocycles. The number of aromatic nitrogens is 2. The molecular formula is C23H28N4O. The lowest BCUT2D eigenvalue weighted by molar-refractivity contribution is 0.0109. The summed E-state index contributed by atoms with van der Waals surface area (Å²) in [6.45, 7) is 4.05. The first kappa shape index (κ1) is 17.8. The van der Waals surface area contributed by atoms with Gasteiger partial charge in [-0.2, -0.15) is 0 Å². The molecule has 2 saturated heterocycles. The molecule has 28 heavy (non-hydrogen) atoms. The largest absolute Gasteiger partial charge is 0.337 e. The van der Waals surface area contributed by atoms with E-state index in [1.165, 1.54) is 37.9 Å². The Balaban J connectivity index is 1.31. The second-order valence-corrected chi connectivity index (χ2v) is 8.86. The van der Waals surface area contributed by atoms with Crippen molar-refractivity contribution >= 4 is 5.91 Å². The number of carbonyl (C=O) groups is 1. The molecule has 0 N–H and O–H groups in total. The number of benzene rings is 1. The second kappa shape index (κ2) is 7.28. The van der Waals surface area contributed by atoms with Gasteiger partial charge in [0.15, 0.2) is 0 Å². The minimum Gasteiger partial charge on any atom is -0.337 e. The average Bonchev–Trinajstić information content (AvgIpc) is 3.60. The van der Waals surface area contributed by atoms with Crippen molar-refractivity contribution in [2.75, 3.05) is 26.2 Å². The number of hydrogen-bond acceptors (Lipinski definition) is 4. The molecule has 1 aromatic carbocycles.